The van der Waals surface area contributed by atoms with E-state index in [9.17, 15) is 0 Å². The third-order valence-corrected chi connectivity index (χ3v) is 4.50. The average Bonchev–Trinajstić information content (AvgIpc) is 2.63. The summed E-state index contributed by atoms with van der Waals surface area (Å²) in [7, 11) is 0. The van der Waals surface area contributed by atoms with E-state index in [4.69, 9.17) is 0 Å². The van der Waals surface area contributed by atoms with Crippen LogP contribution in [0.1, 0.15) is 29.0 Å². The van der Waals surface area contributed by atoms with Crippen LogP contribution < -0.4 is 5.32 Å². The SMILES string of the molecule is Cc1cc(C)cc(NC(C)c2cc(Br)cs2)c1. The summed E-state index contributed by atoms with van der Waals surface area (Å²) in [4.78, 5) is 1.34. The van der Waals surface area contributed by atoms with E-state index in [0.717, 1.165) is 4.47 Å². The van der Waals surface area contributed by atoms with Gasteiger partial charge >= 0.3 is 0 Å². The predicted octanol–water partition coefficient (Wildman–Crippen LogP) is 5.30. The Hall–Kier alpha value is -0.800. The van der Waals surface area contributed by atoms with Gasteiger partial charge in [-0.15, -0.1) is 11.3 Å². The first-order valence-electron chi connectivity index (χ1n) is 5.63. The minimum Gasteiger partial charge on any atom is -0.378 e. The molecule has 0 spiro atoms. The number of aryl methyl sites for hydroxylation is 2. The van der Waals surface area contributed by atoms with Crippen LogP contribution in [0.5, 0.6) is 0 Å². The molecule has 1 unspecified atom stereocenters. The van der Waals surface area contributed by atoms with Crippen molar-refractivity contribution in [1.82, 2.24) is 0 Å². The maximum atomic E-state index is 3.54. The van der Waals surface area contributed by atoms with Gasteiger partial charge in [0.2, 0.25) is 0 Å². The average molecular weight is 310 g/mol. The summed E-state index contributed by atoms with van der Waals surface area (Å²) in [5.41, 5.74) is 3.79. The first kappa shape index (κ1) is 12.7. The number of benzene rings is 1. The van der Waals surface area contributed by atoms with Crippen LogP contribution in [0.3, 0.4) is 0 Å². The van der Waals surface area contributed by atoms with Crippen LogP contribution in [0.25, 0.3) is 0 Å². The van der Waals surface area contributed by atoms with Crippen molar-refractivity contribution in [2.24, 2.45) is 0 Å². The molecular weight excluding hydrogens is 294 g/mol. The lowest BCUT2D eigenvalue weighted by Gasteiger charge is -2.14. The van der Waals surface area contributed by atoms with Crippen molar-refractivity contribution in [2.75, 3.05) is 5.32 Å². The van der Waals surface area contributed by atoms with Crippen molar-refractivity contribution in [1.29, 1.82) is 0 Å². The van der Waals surface area contributed by atoms with Crippen molar-refractivity contribution in [3.05, 3.63) is 50.1 Å². The third-order valence-electron chi connectivity index (χ3n) is 2.62. The standard InChI is InChI=1S/C14H16BrNS/c1-9-4-10(2)6-13(5-9)16-11(3)14-7-12(15)8-17-14/h4-8,11,16H,1-3H3. The Labute approximate surface area is 115 Å². The van der Waals surface area contributed by atoms with Crippen molar-refractivity contribution >= 4 is 33.0 Å². The molecule has 1 nitrogen and oxygen atoms in total. The van der Waals surface area contributed by atoms with Crippen molar-refractivity contribution in [3.63, 3.8) is 0 Å². The highest BCUT2D eigenvalue weighted by molar-refractivity contribution is 9.10. The topological polar surface area (TPSA) is 12.0 Å². The molecule has 0 aliphatic heterocycles. The van der Waals surface area contributed by atoms with Crippen molar-refractivity contribution in [3.8, 4) is 0 Å². The highest BCUT2D eigenvalue weighted by atomic mass is 79.9. The molecule has 0 bridgehead atoms. The first-order chi connectivity index (χ1) is 8.04. The number of anilines is 1. The summed E-state index contributed by atoms with van der Waals surface area (Å²) in [6.07, 6.45) is 0. The monoisotopic (exact) mass is 309 g/mol. The van der Waals surface area contributed by atoms with E-state index in [1.807, 2.05) is 0 Å². The maximum absolute atomic E-state index is 3.54. The summed E-state index contributed by atoms with van der Waals surface area (Å²) in [6.45, 7) is 6.45. The first-order valence-corrected chi connectivity index (χ1v) is 7.30. The molecule has 1 aromatic carbocycles. The van der Waals surface area contributed by atoms with Gasteiger partial charge in [-0.25, -0.2) is 0 Å². The third kappa shape index (κ3) is 3.33. The quantitative estimate of drug-likeness (QED) is 0.811. The molecule has 1 heterocycles. The molecule has 0 amide bonds. The minimum absolute atomic E-state index is 0.340. The largest absolute Gasteiger partial charge is 0.378 e. The Morgan fingerprint density at radius 3 is 2.29 bits per heavy atom. The van der Waals surface area contributed by atoms with Gasteiger partial charge in [0.1, 0.15) is 0 Å². The fourth-order valence-corrected chi connectivity index (χ4v) is 3.39. The highest BCUT2D eigenvalue weighted by Gasteiger charge is 2.08. The molecule has 90 valence electrons. The molecule has 0 aliphatic carbocycles. The molecule has 2 aromatic rings. The van der Waals surface area contributed by atoms with E-state index in [0.29, 0.717) is 6.04 Å². The Kier molecular flexibility index (Phi) is 3.89. The fourth-order valence-electron chi connectivity index (χ4n) is 1.93. The van der Waals surface area contributed by atoms with E-state index in [1.54, 1.807) is 11.3 Å². The molecule has 0 radical (unpaired) electrons. The van der Waals surface area contributed by atoms with Crippen LogP contribution in [-0.2, 0) is 0 Å². The second-order valence-corrected chi connectivity index (χ2v) is 6.27. The lowest BCUT2D eigenvalue weighted by molar-refractivity contribution is 0.907. The molecule has 1 atom stereocenters. The van der Waals surface area contributed by atoms with Gasteiger partial charge in [-0.1, -0.05) is 6.07 Å². The molecule has 0 saturated heterocycles. The zero-order valence-electron chi connectivity index (χ0n) is 10.3. The van der Waals surface area contributed by atoms with E-state index in [-0.39, 0.29) is 0 Å². The second kappa shape index (κ2) is 5.23. The second-order valence-electron chi connectivity index (χ2n) is 4.41. The van der Waals surface area contributed by atoms with Crippen LogP contribution >= 0.6 is 27.3 Å². The Morgan fingerprint density at radius 1 is 1.12 bits per heavy atom. The van der Waals surface area contributed by atoms with Gasteiger partial charge in [0.15, 0.2) is 0 Å². The number of thiophene rings is 1. The van der Waals surface area contributed by atoms with Gasteiger partial charge in [0, 0.05) is 20.4 Å². The van der Waals surface area contributed by atoms with Crippen molar-refractivity contribution in [2.45, 2.75) is 26.8 Å². The lowest BCUT2D eigenvalue weighted by Crippen LogP contribution is -2.05. The number of halogens is 1. The molecule has 2 rings (SSSR count). The van der Waals surface area contributed by atoms with Crippen LogP contribution in [-0.4, -0.2) is 0 Å². The van der Waals surface area contributed by atoms with Crippen LogP contribution in [0.2, 0.25) is 0 Å². The summed E-state index contributed by atoms with van der Waals surface area (Å²) in [5, 5.41) is 5.66. The minimum atomic E-state index is 0.340. The van der Waals surface area contributed by atoms with Crippen LogP contribution in [0.4, 0.5) is 5.69 Å². The summed E-state index contributed by atoms with van der Waals surface area (Å²) in [6, 6.07) is 9.08. The lowest BCUT2D eigenvalue weighted by atomic mass is 10.1. The maximum Gasteiger partial charge on any atom is 0.0578 e. The van der Waals surface area contributed by atoms with Gasteiger partial charge < -0.3 is 5.32 Å². The Balaban J connectivity index is 2.15. The van der Waals surface area contributed by atoms with Crippen molar-refractivity contribution < 1.29 is 0 Å². The normalized spacial score (nSPS) is 12.5. The summed E-state index contributed by atoms with van der Waals surface area (Å²) in [5.74, 6) is 0. The van der Waals surface area contributed by atoms with Crippen LogP contribution in [0.15, 0.2) is 34.1 Å². The fraction of sp³-hybridized carbons (Fsp3) is 0.286. The molecule has 0 aliphatic rings. The van der Waals surface area contributed by atoms with E-state index >= 15 is 0 Å². The number of rotatable bonds is 3. The predicted molar refractivity (Wildman–Crippen MR) is 80.0 cm³/mol. The Bertz CT molecular complexity index is 498. The number of hydrogen-bond donors (Lipinski definition) is 1. The van der Waals surface area contributed by atoms with Gasteiger partial charge in [-0.05, 0) is 66.0 Å². The number of hydrogen-bond acceptors (Lipinski definition) is 2. The number of nitrogens with one attached hydrogen (secondary N) is 1. The van der Waals surface area contributed by atoms with Crippen LogP contribution in [0, 0.1) is 13.8 Å². The van der Waals surface area contributed by atoms with Gasteiger partial charge in [-0.3, -0.25) is 0 Å². The zero-order chi connectivity index (χ0) is 12.4. The molecule has 1 aromatic heterocycles. The molecule has 0 saturated carbocycles. The highest BCUT2D eigenvalue weighted by Crippen LogP contribution is 2.28. The zero-order valence-corrected chi connectivity index (χ0v) is 12.7. The van der Waals surface area contributed by atoms with Gasteiger partial charge in [0.25, 0.3) is 0 Å². The summed E-state index contributed by atoms with van der Waals surface area (Å²) < 4.78 is 1.16. The summed E-state index contributed by atoms with van der Waals surface area (Å²) >= 11 is 5.27. The molecule has 1 N–H and O–H groups in total. The molecule has 0 fully saturated rings. The van der Waals surface area contributed by atoms with Gasteiger partial charge in [-0.2, -0.15) is 0 Å². The molecule has 17 heavy (non-hydrogen) atoms. The molecular formula is C14H16BrNS. The Morgan fingerprint density at radius 2 is 1.76 bits per heavy atom. The van der Waals surface area contributed by atoms with E-state index in [1.165, 1.54) is 21.7 Å². The van der Waals surface area contributed by atoms with Gasteiger partial charge in [0.05, 0.1) is 6.04 Å². The molecule has 3 heteroatoms. The van der Waals surface area contributed by atoms with E-state index < -0.39 is 0 Å². The smallest absolute Gasteiger partial charge is 0.0578 e. The van der Waals surface area contributed by atoms with E-state index in [2.05, 4.69) is 71.7 Å².